The molecule has 3 N–H and O–H groups in total. The molecule has 1 amide bonds. The number of likely N-dealkylation sites (N-methyl/N-ethyl adjacent to an activating group) is 1. The van der Waals surface area contributed by atoms with Crippen molar-refractivity contribution in [1.29, 1.82) is 0 Å². The number of nitro benzene ring substituents is 2. The highest BCUT2D eigenvalue weighted by atomic mass is 16.6. The van der Waals surface area contributed by atoms with Crippen LogP contribution in [0.5, 0.6) is 5.75 Å². The van der Waals surface area contributed by atoms with Crippen molar-refractivity contribution in [3.63, 3.8) is 0 Å². The summed E-state index contributed by atoms with van der Waals surface area (Å²) in [5, 5.41) is 32.1. The SMILES string of the molecule is CC(COc1c([N+](=O)[O-])cc([N+](=O)[O-])c2c1CCN2C(=O)CCC(N)C(=O)O)N(C)C. The number of ether oxygens (including phenoxy) is 1. The predicted molar refractivity (Wildman–Crippen MR) is 109 cm³/mol. The maximum atomic E-state index is 12.7. The van der Waals surface area contributed by atoms with E-state index in [-0.39, 0.29) is 55.5 Å². The van der Waals surface area contributed by atoms with Crippen molar-refractivity contribution in [2.45, 2.75) is 38.3 Å². The second-order valence-corrected chi connectivity index (χ2v) is 7.49. The molecule has 0 aliphatic carbocycles. The average molecular weight is 439 g/mol. The third kappa shape index (κ3) is 5.24. The van der Waals surface area contributed by atoms with E-state index in [0.717, 1.165) is 11.0 Å². The van der Waals surface area contributed by atoms with Gasteiger partial charge in [0.2, 0.25) is 11.7 Å². The molecule has 0 aromatic heterocycles. The molecule has 0 bridgehead atoms. The summed E-state index contributed by atoms with van der Waals surface area (Å²) in [5.74, 6) is -1.92. The van der Waals surface area contributed by atoms with Crippen LogP contribution in [-0.2, 0) is 16.0 Å². The number of carboxylic acids is 1. The third-order valence-corrected chi connectivity index (χ3v) is 5.20. The quantitative estimate of drug-likeness (QED) is 0.392. The van der Waals surface area contributed by atoms with E-state index in [9.17, 15) is 29.8 Å². The fraction of sp³-hybridized carbons (Fsp3) is 0.556. The van der Waals surface area contributed by atoms with Gasteiger partial charge >= 0.3 is 11.7 Å². The number of fused-ring (bicyclic) bond motifs is 1. The average Bonchev–Trinajstić information content (AvgIpc) is 3.13. The summed E-state index contributed by atoms with van der Waals surface area (Å²) < 4.78 is 5.72. The zero-order valence-electron chi connectivity index (χ0n) is 17.4. The summed E-state index contributed by atoms with van der Waals surface area (Å²) in [6.07, 6.45) is -0.264. The Kier molecular flexibility index (Phi) is 7.46. The number of carbonyl (C=O) groups excluding carboxylic acids is 1. The molecule has 0 fully saturated rings. The van der Waals surface area contributed by atoms with E-state index >= 15 is 0 Å². The van der Waals surface area contributed by atoms with Crippen LogP contribution in [0.1, 0.15) is 25.3 Å². The normalized spacial score (nSPS) is 14.8. The minimum absolute atomic E-state index is 0.0536. The maximum absolute atomic E-state index is 12.7. The van der Waals surface area contributed by atoms with Gasteiger partial charge in [-0.25, -0.2) is 0 Å². The summed E-state index contributed by atoms with van der Waals surface area (Å²) in [6.45, 7) is 2.00. The molecule has 13 nitrogen and oxygen atoms in total. The first-order valence-corrected chi connectivity index (χ1v) is 9.52. The number of hydrogen-bond acceptors (Lipinski definition) is 9. The molecule has 1 aliphatic rings. The summed E-state index contributed by atoms with van der Waals surface area (Å²) >= 11 is 0. The largest absolute Gasteiger partial charge is 0.485 e. The number of rotatable bonds is 10. The number of amides is 1. The Morgan fingerprint density at radius 1 is 1.29 bits per heavy atom. The monoisotopic (exact) mass is 439 g/mol. The Labute approximate surface area is 177 Å². The predicted octanol–water partition coefficient (Wildman–Crippen LogP) is 0.913. The minimum Gasteiger partial charge on any atom is -0.485 e. The van der Waals surface area contributed by atoms with Gasteiger partial charge in [-0.2, -0.15) is 0 Å². The molecule has 2 unspecified atom stereocenters. The first-order valence-electron chi connectivity index (χ1n) is 9.52. The smallest absolute Gasteiger partial charge is 0.320 e. The molecule has 2 atom stereocenters. The molecule has 1 aliphatic heterocycles. The molecule has 1 aromatic rings. The molecule has 0 saturated carbocycles. The van der Waals surface area contributed by atoms with E-state index in [1.54, 1.807) is 0 Å². The van der Waals surface area contributed by atoms with E-state index in [1.807, 2.05) is 25.9 Å². The van der Waals surface area contributed by atoms with E-state index in [2.05, 4.69) is 0 Å². The zero-order valence-corrected chi connectivity index (χ0v) is 17.4. The van der Waals surface area contributed by atoms with Crippen molar-refractivity contribution in [2.24, 2.45) is 5.73 Å². The maximum Gasteiger partial charge on any atom is 0.320 e. The van der Waals surface area contributed by atoms with Gasteiger partial charge in [0.25, 0.3) is 5.69 Å². The van der Waals surface area contributed by atoms with Crippen LogP contribution in [0.15, 0.2) is 6.07 Å². The van der Waals surface area contributed by atoms with Gasteiger partial charge in [-0.3, -0.25) is 29.8 Å². The Hall–Kier alpha value is -3.32. The van der Waals surface area contributed by atoms with E-state index in [1.165, 1.54) is 0 Å². The number of carbonyl (C=O) groups is 2. The van der Waals surface area contributed by atoms with Crippen LogP contribution in [0, 0.1) is 20.2 Å². The van der Waals surface area contributed by atoms with Gasteiger partial charge in [0.15, 0.2) is 0 Å². The second kappa shape index (κ2) is 9.66. The van der Waals surface area contributed by atoms with Crippen LogP contribution >= 0.6 is 0 Å². The van der Waals surface area contributed by atoms with E-state index in [0.29, 0.717) is 0 Å². The molecule has 13 heteroatoms. The summed E-state index contributed by atoms with van der Waals surface area (Å²) in [6, 6.07) is -0.547. The molecule has 31 heavy (non-hydrogen) atoms. The van der Waals surface area contributed by atoms with Gasteiger partial charge < -0.3 is 25.4 Å². The number of nitro groups is 2. The number of nitrogens with zero attached hydrogens (tertiary/aromatic N) is 4. The topological polar surface area (TPSA) is 182 Å². The Morgan fingerprint density at radius 3 is 2.42 bits per heavy atom. The van der Waals surface area contributed by atoms with Gasteiger partial charge in [0.1, 0.15) is 24.4 Å². The number of aliphatic carboxylic acids is 1. The van der Waals surface area contributed by atoms with Crippen molar-refractivity contribution in [1.82, 2.24) is 4.90 Å². The van der Waals surface area contributed by atoms with Crippen LogP contribution in [0.2, 0.25) is 0 Å². The van der Waals surface area contributed by atoms with Gasteiger partial charge in [0, 0.05) is 24.6 Å². The molecule has 2 rings (SSSR count). The highest BCUT2D eigenvalue weighted by Crippen LogP contribution is 2.47. The highest BCUT2D eigenvalue weighted by Gasteiger charge is 2.39. The number of benzene rings is 1. The molecule has 0 saturated heterocycles. The number of anilines is 1. The van der Waals surface area contributed by atoms with Crippen molar-refractivity contribution in [3.8, 4) is 5.75 Å². The van der Waals surface area contributed by atoms with Crippen LogP contribution < -0.4 is 15.4 Å². The first-order chi connectivity index (χ1) is 14.5. The van der Waals surface area contributed by atoms with Crippen molar-refractivity contribution < 1.29 is 29.3 Å². The number of hydrogen-bond donors (Lipinski definition) is 2. The third-order valence-electron chi connectivity index (χ3n) is 5.20. The summed E-state index contributed by atoms with van der Waals surface area (Å²) in [4.78, 5) is 48.2. The molecule has 1 aromatic carbocycles. The summed E-state index contributed by atoms with van der Waals surface area (Å²) in [5.41, 5.74) is 4.46. The molecule has 0 radical (unpaired) electrons. The lowest BCUT2D eigenvalue weighted by Crippen LogP contribution is -2.34. The first kappa shape index (κ1) is 24.0. The fourth-order valence-electron chi connectivity index (χ4n) is 3.12. The molecular weight excluding hydrogens is 414 g/mol. The lowest BCUT2D eigenvalue weighted by atomic mass is 10.1. The lowest BCUT2D eigenvalue weighted by Gasteiger charge is -2.21. The Morgan fingerprint density at radius 2 is 1.90 bits per heavy atom. The van der Waals surface area contributed by atoms with Crippen molar-refractivity contribution in [3.05, 3.63) is 31.9 Å². The number of carboxylic acid groups (broad SMARTS) is 1. The van der Waals surface area contributed by atoms with Gasteiger partial charge in [-0.15, -0.1) is 0 Å². The van der Waals surface area contributed by atoms with E-state index in [4.69, 9.17) is 15.6 Å². The fourth-order valence-corrected chi connectivity index (χ4v) is 3.12. The van der Waals surface area contributed by atoms with Gasteiger partial charge in [0.05, 0.1) is 9.85 Å². The highest BCUT2D eigenvalue weighted by molar-refractivity contribution is 5.99. The van der Waals surface area contributed by atoms with Gasteiger partial charge in [-0.05, 0) is 33.9 Å². The number of nitrogens with two attached hydrogens (primary N) is 1. The molecular formula is C18H25N5O8. The molecule has 170 valence electrons. The lowest BCUT2D eigenvalue weighted by molar-refractivity contribution is -0.394. The van der Waals surface area contributed by atoms with Crippen LogP contribution in [0.3, 0.4) is 0 Å². The minimum atomic E-state index is -1.26. The van der Waals surface area contributed by atoms with Crippen LogP contribution in [0.25, 0.3) is 0 Å². The van der Waals surface area contributed by atoms with Crippen LogP contribution in [0.4, 0.5) is 17.1 Å². The standard InChI is InChI=1S/C18H25N5O8/c1-10(20(2)3)9-31-17-11-6-7-21(15(24)5-4-12(19)18(25)26)16(11)13(22(27)28)8-14(17)23(29)30/h8,10,12H,4-7,9,19H2,1-3H3,(H,25,26). The van der Waals surface area contributed by atoms with Gasteiger partial charge in [-0.1, -0.05) is 0 Å². The molecule has 1 heterocycles. The van der Waals surface area contributed by atoms with Crippen molar-refractivity contribution >= 4 is 28.9 Å². The van der Waals surface area contributed by atoms with E-state index < -0.39 is 39.1 Å². The summed E-state index contributed by atoms with van der Waals surface area (Å²) in [7, 11) is 3.62. The molecule has 0 spiro atoms. The Balaban J connectivity index is 2.47. The zero-order chi connectivity index (χ0) is 23.5. The van der Waals surface area contributed by atoms with Crippen molar-refractivity contribution in [2.75, 3.05) is 32.1 Å². The second-order valence-electron chi connectivity index (χ2n) is 7.49. The van der Waals surface area contributed by atoms with Crippen LogP contribution in [-0.4, -0.2) is 71.1 Å². The Bertz CT molecular complexity index is 903.